The van der Waals surface area contributed by atoms with Crippen LogP contribution in [0.2, 0.25) is 0 Å². The lowest BCUT2D eigenvalue weighted by Crippen LogP contribution is -2.57. The van der Waals surface area contributed by atoms with Gasteiger partial charge in [0.05, 0.1) is 6.20 Å². The molecule has 214 valence electrons. The zero-order chi connectivity index (χ0) is 29.2. The number of piperidine rings is 1. The Morgan fingerprint density at radius 3 is 2.60 bits per heavy atom. The van der Waals surface area contributed by atoms with Gasteiger partial charge in [-0.05, 0) is 77.7 Å². The highest BCUT2D eigenvalue weighted by Gasteiger charge is 2.39. The first-order chi connectivity index (χ1) is 18.8. The van der Waals surface area contributed by atoms with Crippen molar-refractivity contribution in [3.63, 3.8) is 0 Å². The molecule has 3 heterocycles. The molecule has 4 rings (SSSR count). The molecule has 1 aromatic carbocycles. The van der Waals surface area contributed by atoms with E-state index < -0.39 is 5.60 Å². The summed E-state index contributed by atoms with van der Waals surface area (Å²) in [6, 6.07) is 7.23. The summed E-state index contributed by atoms with van der Waals surface area (Å²) in [5.41, 5.74) is 2.09. The van der Waals surface area contributed by atoms with Crippen LogP contribution in [0.4, 0.5) is 28.1 Å². The number of nitrogens with one attached hydrogen (secondary N) is 3. The Morgan fingerprint density at radius 2 is 1.93 bits per heavy atom. The van der Waals surface area contributed by atoms with Crippen molar-refractivity contribution in [2.24, 2.45) is 0 Å². The van der Waals surface area contributed by atoms with Gasteiger partial charge in [0.15, 0.2) is 5.65 Å². The Kier molecular flexibility index (Phi) is 8.04. The summed E-state index contributed by atoms with van der Waals surface area (Å²) in [4.78, 5) is 36.2. The number of likely N-dealkylation sites (tertiary alicyclic amines) is 1. The summed E-state index contributed by atoms with van der Waals surface area (Å²) < 4.78 is 7.37. The Hall–Kier alpha value is -4.15. The Morgan fingerprint density at radius 1 is 1.20 bits per heavy atom. The van der Waals surface area contributed by atoms with E-state index in [0.717, 1.165) is 18.4 Å². The van der Waals surface area contributed by atoms with Crippen molar-refractivity contribution in [1.29, 1.82) is 0 Å². The molecule has 1 fully saturated rings. The van der Waals surface area contributed by atoms with Crippen molar-refractivity contribution in [1.82, 2.24) is 24.5 Å². The van der Waals surface area contributed by atoms with Crippen LogP contribution in [0, 0.1) is 0 Å². The Balaban J connectivity index is 1.63. The molecule has 1 aliphatic rings. The summed E-state index contributed by atoms with van der Waals surface area (Å²) in [6.07, 6.45) is 4.33. The van der Waals surface area contributed by atoms with E-state index in [1.54, 1.807) is 27.7 Å². The Bertz CT molecular complexity index is 1410. The van der Waals surface area contributed by atoms with Gasteiger partial charge in [-0.25, -0.2) is 4.79 Å². The van der Waals surface area contributed by atoms with Crippen LogP contribution in [0.5, 0.6) is 0 Å². The first-order valence-corrected chi connectivity index (χ1v) is 13.6. The van der Waals surface area contributed by atoms with Gasteiger partial charge >= 0.3 is 6.09 Å². The van der Waals surface area contributed by atoms with Crippen LogP contribution in [0.15, 0.2) is 43.1 Å². The highest BCUT2D eigenvalue weighted by Crippen LogP contribution is 2.31. The van der Waals surface area contributed by atoms with E-state index in [1.165, 1.54) is 6.08 Å². The standard InChI is InChI=1S/C29H40N8O3/c1-9-23(38)31-19-11-10-12-20(15-19)33-26-35-25(34-24-22(18(2)3)16-30-37(24)26)32-21-13-14-29(7,8)36(17-21)27(39)40-28(4,5)6/h9-12,15-16,18,21H,1,13-14,17H2,2-8H3,(H,31,38)(H2,32,33,34,35)/t21-/m0/s1. The van der Waals surface area contributed by atoms with E-state index in [0.29, 0.717) is 35.5 Å². The van der Waals surface area contributed by atoms with E-state index in [-0.39, 0.29) is 29.5 Å². The second kappa shape index (κ2) is 11.1. The molecule has 0 unspecified atom stereocenters. The maximum Gasteiger partial charge on any atom is 0.410 e. The lowest BCUT2D eigenvalue weighted by molar-refractivity contribution is -0.111. The maximum absolute atomic E-state index is 13.0. The molecule has 0 aliphatic carbocycles. The first-order valence-electron chi connectivity index (χ1n) is 13.6. The van der Waals surface area contributed by atoms with E-state index in [2.05, 4.69) is 55.3 Å². The van der Waals surface area contributed by atoms with Gasteiger partial charge in [-0.3, -0.25) is 4.79 Å². The number of fused-ring (bicyclic) bond motifs is 1. The smallest absolute Gasteiger partial charge is 0.410 e. The number of nitrogens with zero attached hydrogens (tertiary/aromatic N) is 5. The highest BCUT2D eigenvalue weighted by atomic mass is 16.6. The minimum Gasteiger partial charge on any atom is -0.444 e. The number of carbonyl (C=O) groups is 2. The second-order valence-corrected chi connectivity index (χ2v) is 12.0. The molecule has 11 nitrogen and oxygen atoms in total. The summed E-state index contributed by atoms with van der Waals surface area (Å²) >= 11 is 0. The molecule has 0 saturated carbocycles. The average molecular weight is 549 g/mol. The molecule has 2 aromatic heterocycles. The van der Waals surface area contributed by atoms with Crippen molar-refractivity contribution < 1.29 is 14.3 Å². The fourth-order valence-corrected chi connectivity index (χ4v) is 4.60. The molecule has 3 aromatic rings. The molecule has 2 amide bonds. The fraction of sp³-hybridized carbons (Fsp3) is 0.483. The molecule has 40 heavy (non-hydrogen) atoms. The quantitative estimate of drug-likeness (QED) is 0.321. The third kappa shape index (κ3) is 6.70. The molecule has 1 saturated heterocycles. The SMILES string of the molecule is C=CC(=O)Nc1cccc(Nc2nc(N[C@H]3CCC(C)(C)N(C(=O)OC(C)(C)C)C3)nc3c(C(C)C)cnn23)c1. The fourth-order valence-electron chi connectivity index (χ4n) is 4.60. The van der Waals surface area contributed by atoms with Gasteiger partial charge in [-0.1, -0.05) is 26.5 Å². The first kappa shape index (κ1) is 28.8. The predicted octanol–water partition coefficient (Wildman–Crippen LogP) is 5.71. The zero-order valence-corrected chi connectivity index (χ0v) is 24.4. The van der Waals surface area contributed by atoms with Gasteiger partial charge in [0.2, 0.25) is 17.8 Å². The maximum atomic E-state index is 13.0. The molecular weight excluding hydrogens is 508 g/mol. The third-order valence-corrected chi connectivity index (χ3v) is 6.77. The zero-order valence-electron chi connectivity index (χ0n) is 24.4. The predicted molar refractivity (Wildman–Crippen MR) is 157 cm³/mol. The number of amides is 2. The van der Waals surface area contributed by atoms with Crippen LogP contribution < -0.4 is 16.0 Å². The molecule has 1 atom stereocenters. The normalized spacial score (nSPS) is 17.0. The molecule has 1 aliphatic heterocycles. The van der Waals surface area contributed by atoms with Crippen molar-refractivity contribution in [2.45, 2.75) is 84.4 Å². The lowest BCUT2D eigenvalue weighted by atomic mass is 9.88. The van der Waals surface area contributed by atoms with Crippen LogP contribution >= 0.6 is 0 Å². The van der Waals surface area contributed by atoms with Crippen LogP contribution in [0.3, 0.4) is 0 Å². The summed E-state index contributed by atoms with van der Waals surface area (Å²) in [5.74, 6) is 0.801. The van der Waals surface area contributed by atoms with Crippen molar-refractivity contribution in [2.75, 3.05) is 22.5 Å². The average Bonchev–Trinajstić information content (AvgIpc) is 3.29. The van der Waals surface area contributed by atoms with Crippen LogP contribution in [-0.4, -0.2) is 60.2 Å². The number of benzene rings is 1. The van der Waals surface area contributed by atoms with Crippen molar-refractivity contribution in [3.05, 3.63) is 48.7 Å². The van der Waals surface area contributed by atoms with Gasteiger partial charge in [-0.2, -0.15) is 19.6 Å². The topological polar surface area (TPSA) is 126 Å². The number of hydrogen-bond donors (Lipinski definition) is 3. The van der Waals surface area contributed by atoms with E-state index in [1.807, 2.05) is 32.9 Å². The van der Waals surface area contributed by atoms with E-state index in [9.17, 15) is 9.59 Å². The van der Waals surface area contributed by atoms with Crippen LogP contribution in [-0.2, 0) is 9.53 Å². The summed E-state index contributed by atoms with van der Waals surface area (Å²) in [6.45, 7) is 17.9. The van der Waals surface area contributed by atoms with Gasteiger partial charge in [0.1, 0.15) is 5.60 Å². The molecule has 0 radical (unpaired) electrons. The number of aromatic nitrogens is 4. The number of carbonyl (C=O) groups excluding carboxylic acids is 2. The molecule has 3 N–H and O–H groups in total. The Labute approximate surface area is 235 Å². The molecular formula is C29H40N8O3. The van der Waals surface area contributed by atoms with E-state index >= 15 is 0 Å². The minimum atomic E-state index is -0.580. The van der Waals surface area contributed by atoms with Crippen LogP contribution in [0.1, 0.15) is 72.8 Å². The summed E-state index contributed by atoms with van der Waals surface area (Å²) in [5, 5.41) is 14.1. The molecule has 11 heteroatoms. The number of ether oxygens (including phenoxy) is 1. The molecule has 0 spiro atoms. The van der Waals surface area contributed by atoms with Gasteiger partial charge in [-0.15, -0.1) is 0 Å². The second-order valence-electron chi connectivity index (χ2n) is 12.0. The van der Waals surface area contributed by atoms with E-state index in [4.69, 9.17) is 14.7 Å². The van der Waals surface area contributed by atoms with Crippen molar-refractivity contribution in [3.8, 4) is 0 Å². The monoisotopic (exact) mass is 548 g/mol. The highest BCUT2D eigenvalue weighted by molar-refractivity contribution is 5.99. The third-order valence-electron chi connectivity index (χ3n) is 6.77. The number of hydrogen-bond acceptors (Lipinski definition) is 8. The number of anilines is 4. The van der Waals surface area contributed by atoms with Gasteiger partial charge in [0, 0.05) is 35.1 Å². The molecule has 0 bridgehead atoms. The van der Waals surface area contributed by atoms with Crippen LogP contribution in [0.25, 0.3) is 5.65 Å². The van der Waals surface area contributed by atoms with Crippen molar-refractivity contribution >= 4 is 40.9 Å². The van der Waals surface area contributed by atoms with Gasteiger partial charge < -0.3 is 25.6 Å². The largest absolute Gasteiger partial charge is 0.444 e. The summed E-state index contributed by atoms with van der Waals surface area (Å²) in [7, 11) is 0. The number of rotatable bonds is 7. The lowest BCUT2D eigenvalue weighted by Gasteiger charge is -2.45. The van der Waals surface area contributed by atoms with Gasteiger partial charge in [0.25, 0.3) is 0 Å². The minimum absolute atomic E-state index is 0.0706.